The number of hydrogen-bond donors (Lipinski definition) is 1. The average molecular weight is 396 g/mol. The van der Waals surface area contributed by atoms with Crippen molar-refractivity contribution in [2.45, 2.75) is 12.6 Å². The van der Waals surface area contributed by atoms with E-state index in [9.17, 15) is 4.79 Å². The first-order valence-corrected chi connectivity index (χ1v) is 9.20. The van der Waals surface area contributed by atoms with Crippen molar-refractivity contribution in [3.05, 3.63) is 77.6 Å². The van der Waals surface area contributed by atoms with Gasteiger partial charge >= 0.3 is 0 Å². The van der Waals surface area contributed by atoms with Crippen molar-refractivity contribution >= 4 is 29.3 Å². The zero-order valence-electron chi connectivity index (χ0n) is 14.9. The molecule has 1 N–H and O–H groups in total. The zero-order chi connectivity index (χ0) is 19.3. The summed E-state index contributed by atoms with van der Waals surface area (Å²) in [6.45, 7) is 0.957. The third-order valence-electron chi connectivity index (χ3n) is 4.18. The summed E-state index contributed by atoms with van der Waals surface area (Å²) < 4.78 is 13.4. The van der Waals surface area contributed by atoms with E-state index in [4.69, 9.17) is 21.1 Å². The fraction of sp³-hybridized carbons (Fsp3) is 0.143. The number of hydrogen-bond acceptors (Lipinski definition) is 4. The first-order valence-electron chi connectivity index (χ1n) is 8.82. The van der Waals surface area contributed by atoms with Gasteiger partial charge in [0.2, 0.25) is 5.91 Å². The number of benzene rings is 2. The molecule has 2 aromatic carbocycles. The number of ether oxygens (including phenoxy) is 2. The fourth-order valence-electron chi connectivity index (χ4n) is 2.85. The summed E-state index contributed by atoms with van der Waals surface area (Å²) in [5, 5.41) is 7.65. The van der Waals surface area contributed by atoms with E-state index >= 15 is 0 Å². The van der Waals surface area contributed by atoms with Crippen LogP contribution in [0, 0.1) is 0 Å². The molecule has 1 amide bonds. The molecule has 0 radical (unpaired) electrons. The van der Waals surface area contributed by atoms with Crippen LogP contribution in [0.1, 0.15) is 5.56 Å². The number of carbonyl (C=O) groups excluding carboxylic acids is 1. The molecule has 0 saturated carbocycles. The molecule has 1 aliphatic heterocycles. The average Bonchev–Trinajstić information content (AvgIpc) is 3.14. The lowest BCUT2D eigenvalue weighted by Gasteiger charge is -2.26. The molecule has 1 atom stereocenters. The van der Waals surface area contributed by atoms with Crippen LogP contribution in [0.25, 0.3) is 6.08 Å². The predicted molar refractivity (Wildman–Crippen MR) is 108 cm³/mol. The highest BCUT2D eigenvalue weighted by Gasteiger charge is 2.21. The first-order chi connectivity index (χ1) is 13.7. The molecule has 3 aromatic rings. The van der Waals surface area contributed by atoms with Crippen molar-refractivity contribution in [1.82, 2.24) is 9.78 Å². The molecule has 0 saturated heterocycles. The second-order valence-electron chi connectivity index (χ2n) is 6.29. The molecule has 0 aliphatic carbocycles. The van der Waals surface area contributed by atoms with E-state index in [1.165, 1.54) is 6.08 Å². The highest BCUT2D eigenvalue weighted by Crippen LogP contribution is 2.31. The molecule has 2 heterocycles. The number of para-hydroxylation sites is 2. The summed E-state index contributed by atoms with van der Waals surface area (Å²) in [4.78, 5) is 12.1. The molecule has 1 aromatic heterocycles. The van der Waals surface area contributed by atoms with Crippen molar-refractivity contribution < 1.29 is 14.3 Å². The number of nitrogens with zero attached hydrogens (tertiary/aromatic N) is 2. The molecule has 0 spiro atoms. The van der Waals surface area contributed by atoms with Gasteiger partial charge in [0.1, 0.15) is 6.61 Å². The quantitative estimate of drug-likeness (QED) is 0.662. The lowest BCUT2D eigenvalue weighted by molar-refractivity contribution is -0.111. The summed E-state index contributed by atoms with van der Waals surface area (Å²) in [5.41, 5.74) is 1.38. The van der Waals surface area contributed by atoms with Crippen LogP contribution in [0.5, 0.6) is 11.5 Å². The van der Waals surface area contributed by atoms with Gasteiger partial charge in [-0.15, -0.1) is 0 Å². The standard InChI is InChI=1S/C21H18ClN3O3/c22-18-6-2-1-5-15(18)9-10-21(26)24-16-11-23-25(12-16)13-17-14-27-19-7-3-4-8-20(19)28-17/h1-12,17H,13-14H2,(H,24,26). The number of amides is 1. The summed E-state index contributed by atoms with van der Waals surface area (Å²) in [5.74, 6) is 1.22. The van der Waals surface area contributed by atoms with Crippen LogP contribution < -0.4 is 14.8 Å². The Morgan fingerprint density at radius 2 is 2.00 bits per heavy atom. The number of anilines is 1. The molecule has 7 heteroatoms. The number of halogens is 1. The topological polar surface area (TPSA) is 65.4 Å². The molecule has 142 valence electrons. The van der Waals surface area contributed by atoms with E-state index in [0.29, 0.717) is 23.9 Å². The molecular formula is C21H18ClN3O3. The van der Waals surface area contributed by atoms with Gasteiger partial charge in [-0.05, 0) is 29.8 Å². The van der Waals surface area contributed by atoms with Crippen LogP contribution in [-0.4, -0.2) is 28.4 Å². The highest BCUT2D eigenvalue weighted by atomic mass is 35.5. The van der Waals surface area contributed by atoms with Gasteiger partial charge in [-0.3, -0.25) is 9.48 Å². The van der Waals surface area contributed by atoms with Crippen LogP contribution in [0.15, 0.2) is 67.0 Å². The normalized spacial score (nSPS) is 15.5. The maximum absolute atomic E-state index is 12.1. The van der Waals surface area contributed by atoms with Crippen molar-refractivity contribution in [1.29, 1.82) is 0 Å². The van der Waals surface area contributed by atoms with Gasteiger partial charge < -0.3 is 14.8 Å². The molecular weight excluding hydrogens is 378 g/mol. The van der Waals surface area contributed by atoms with E-state index in [1.54, 1.807) is 29.2 Å². The van der Waals surface area contributed by atoms with E-state index in [2.05, 4.69) is 10.4 Å². The minimum Gasteiger partial charge on any atom is -0.486 e. The largest absolute Gasteiger partial charge is 0.486 e. The molecule has 1 aliphatic rings. The predicted octanol–water partition coefficient (Wildman–Crippen LogP) is 4.03. The van der Waals surface area contributed by atoms with Gasteiger partial charge in [0.05, 0.1) is 18.4 Å². The molecule has 6 nitrogen and oxygen atoms in total. The third kappa shape index (κ3) is 4.35. The number of fused-ring (bicyclic) bond motifs is 1. The number of aromatic nitrogens is 2. The van der Waals surface area contributed by atoms with E-state index in [-0.39, 0.29) is 12.0 Å². The van der Waals surface area contributed by atoms with Gasteiger partial charge in [0.15, 0.2) is 17.6 Å². The summed E-state index contributed by atoms with van der Waals surface area (Å²) >= 11 is 6.08. The minimum atomic E-state index is -0.259. The van der Waals surface area contributed by atoms with Crippen molar-refractivity contribution in [2.75, 3.05) is 11.9 Å². The number of carbonyl (C=O) groups is 1. The van der Waals surface area contributed by atoms with Crippen LogP contribution in [0.2, 0.25) is 5.02 Å². The van der Waals surface area contributed by atoms with Gasteiger partial charge in [-0.1, -0.05) is 41.9 Å². The fourth-order valence-corrected chi connectivity index (χ4v) is 3.05. The molecule has 0 fully saturated rings. The highest BCUT2D eigenvalue weighted by molar-refractivity contribution is 6.32. The molecule has 4 rings (SSSR count). The number of rotatable bonds is 5. The zero-order valence-corrected chi connectivity index (χ0v) is 15.7. The summed E-state index contributed by atoms with van der Waals surface area (Å²) in [6.07, 6.45) is 6.31. The maximum Gasteiger partial charge on any atom is 0.248 e. The van der Waals surface area contributed by atoms with Gasteiger partial charge in [0, 0.05) is 17.3 Å². The smallest absolute Gasteiger partial charge is 0.248 e. The Balaban J connectivity index is 1.33. The van der Waals surface area contributed by atoms with E-state index in [1.807, 2.05) is 42.5 Å². The second-order valence-corrected chi connectivity index (χ2v) is 6.70. The van der Waals surface area contributed by atoms with Crippen LogP contribution in [-0.2, 0) is 11.3 Å². The van der Waals surface area contributed by atoms with E-state index in [0.717, 1.165) is 17.1 Å². The van der Waals surface area contributed by atoms with Crippen LogP contribution in [0.4, 0.5) is 5.69 Å². The lowest BCUT2D eigenvalue weighted by atomic mass is 10.2. The van der Waals surface area contributed by atoms with Crippen molar-refractivity contribution in [3.63, 3.8) is 0 Å². The van der Waals surface area contributed by atoms with Gasteiger partial charge in [0.25, 0.3) is 0 Å². The Morgan fingerprint density at radius 3 is 2.86 bits per heavy atom. The Labute approximate surface area is 167 Å². The Kier molecular flexibility index (Phi) is 5.30. The minimum absolute atomic E-state index is 0.154. The summed E-state index contributed by atoms with van der Waals surface area (Å²) in [7, 11) is 0. The second kappa shape index (κ2) is 8.19. The summed E-state index contributed by atoms with van der Waals surface area (Å²) in [6, 6.07) is 14.9. The van der Waals surface area contributed by atoms with Gasteiger partial charge in [-0.2, -0.15) is 5.10 Å². The van der Waals surface area contributed by atoms with E-state index < -0.39 is 0 Å². The lowest BCUT2D eigenvalue weighted by Crippen LogP contribution is -2.33. The first kappa shape index (κ1) is 18.1. The van der Waals surface area contributed by atoms with Crippen molar-refractivity contribution in [2.24, 2.45) is 0 Å². The van der Waals surface area contributed by atoms with Crippen molar-refractivity contribution in [3.8, 4) is 11.5 Å². The Hall–Kier alpha value is -3.25. The monoisotopic (exact) mass is 395 g/mol. The third-order valence-corrected chi connectivity index (χ3v) is 4.52. The molecule has 0 bridgehead atoms. The Morgan fingerprint density at radius 1 is 1.21 bits per heavy atom. The maximum atomic E-state index is 12.1. The van der Waals surface area contributed by atoms with Crippen LogP contribution in [0.3, 0.4) is 0 Å². The molecule has 28 heavy (non-hydrogen) atoms. The molecule has 1 unspecified atom stereocenters. The number of nitrogens with one attached hydrogen (secondary N) is 1. The Bertz CT molecular complexity index is 1020. The SMILES string of the molecule is O=C(C=Cc1ccccc1Cl)Nc1cnn(CC2COc3ccccc3O2)c1. The van der Waals surface area contributed by atoms with Gasteiger partial charge in [-0.25, -0.2) is 0 Å². The van der Waals surface area contributed by atoms with Crippen LogP contribution >= 0.6 is 11.6 Å².